The van der Waals surface area contributed by atoms with Crippen molar-refractivity contribution >= 4 is 6.08 Å². The van der Waals surface area contributed by atoms with Crippen LogP contribution in [0.5, 0.6) is 11.5 Å². The van der Waals surface area contributed by atoms with Gasteiger partial charge in [0.05, 0.1) is 19.1 Å². The van der Waals surface area contributed by atoms with E-state index in [1.807, 2.05) is 0 Å². The fourth-order valence-electron chi connectivity index (χ4n) is 1.11. The van der Waals surface area contributed by atoms with Gasteiger partial charge in [-0.3, -0.25) is 10.1 Å². The molecular formula is C10H11NO4. The summed E-state index contributed by atoms with van der Waals surface area (Å²) in [7, 11) is 3.04. The van der Waals surface area contributed by atoms with Crippen molar-refractivity contribution in [2.45, 2.75) is 0 Å². The Labute approximate surface area is 87.1 Å². The summed E-state index contributed by atoms with van der Waals surface area (Å²) in [4.78, 5) is 9.64. The summed E-state index contributed by atoms with van der Waals surface area (Å²) in [5.41, 5.74) is 0.605. The van der Waals surface area contributed by atoms with Crippen molar-refractivity contribution in [3.8, 4) is 11.5 Å². The van der Waals surface area contributed by atoms with Crippen molar-refractivity contribution < 1.29 is 14.4 Å². The van der Waals surface area contributed by atoms with E-state index in [0.717, 1.165) is 6.20 Å². The largest absolute Gasteiger partial charge is 0.497 e. The molecule has 0 aromatic heterocycles. The first kappa shape index (κ1) is 11.0. The molecule has 0 saturated heterocycles. The van der Waals surface area contributed by atoms with E-state index in [1.165, 1.54) is 20.3 Å². The molecule has 0 bridgehead atoms. The first-order chi connectivity index (χ1) is 7.17. The Hall–Kier alpha value is -2.04. The molecular weight excluding hydrogens is 198 g/mol. The van der Waals surface area contributed by atoms with Crippen LogP contribution in [0.4, 0.5) is 0 Å². The normalized spacial score (nSPS) is 10.3. The van der Waals surface area contributed by atoms with Gasteiger partial charge in [0.1, 0.15) is 11.5 Å². The van der Waals surface area contributed by atoms with Crippen molar-refractivity contribution in [1.82, 2.24) is 0 Å². The highest BCUT2D eigenvalue weighted by Gasteiger charge is 2.02. The summed E-state index contributed by atoms with van der Waals surface area (Å²) >= 11 is 0. The van der Waals surface area contributed by atoms with Gasteiger partial charge in [-0.25, -0.2) is 0 Å². The second-order valence-corrected chi connectivity index (χ2v) is 2.71. The molecule has 0 aliphatic heterocycles. The Kier molecular flexibility index (Phi) is 3.68. The van der Waals surface area contributed by atoms with Gasteiger partial charge in [0, 0.05) is 11.6 Å². The Bertz CT molecular complexity index is 387. The van der Waals surface area contributed by atoms with E-state index in [2.05, 4.69) is 0 Å². The molecule has 0 N–H and O–H groups in total. The first-order valence-electron chi connectivity index (χ1n) is 4.21. The van der Waals surface area contributed by atoms with Gasteiger partial charge in [-0.2, -0.15) is 0 Å². The maximum absolute atomic E-state index is 10.2. The van der Waals surface area contributed by atoms with Gasteiger partial charge in [0.2, 0.25) is 6.20 Å². The number of benzene rings is 1. The lowest BCUT2D eigenvalue weighted by atomic mass is 10.2. The van der Waals surface area contributed by atoms with Crippen LogP contribution >= 0.6 is 0 Å². The quantitative estimate of drug-likeness (QED) is 0.561. The molecule has 0 aliphatic carbocycles. The summed E-state index contributed by atoms with van der Waals surface area (Å²) in [5, 5.41) is 10.2. The number of ether oxygens (including phenoxy) is 2. The number of nitro groups is 1. The van der Waals surface area contributed by atoms with Crippen molar-refractivity contribution in [2.75, 3.05) is 14.2 Å². The molecule has 0 atom stereocenters. The number of methoxy groups -OCH3 is 2. The van der Waals surface area contributed by atoms with E-state index in [1.54, 1.807) is 18.2 Å². The first-order valence-corrected chi connectivity index (χ1v) is 4.21. The van der Waals surface area contributed by atoms with Crippen LogP contribution in [0.1, 0.15) is 5.56 Å². The average molecular weight is 209 g/mol. The molecule has 5 heteroatoms. The maximum atomic E-state index is 10.2. The van der Waals surface area contributed by atoms with Gasteiger partial charge < -0.3 is 9.47 Å². The van der Waals surface area contributed by atoms with E-state index in [4.69, 9.17) is 9.47 Å². The second kappa shape index (κ2) is 4.99. The third kappa shape index (κ3) is 2.98. The summed E-state index contributed by atoms with van der Waals surface area (Å²) < 4.78 is 10.0. The molecule has 0 saturated carbocycles. The lowest BCUT2D eigenvalue weighted by Gasteiger charge is -2.06. The monoisotopic (exact) mass is 209 g/mol. The predicted molar refractivity (Wildman–Crippen MR) is 55.6 cm³/mol. The van der Waals surface area contributed by atoms with E-state index in [9.17, 15) is 10.1 Å². The lowest BCUT2D eigenvalue weighted by Crippen LogP contribution is -1.90. The summed E-state index contributed by atoms with van der Waals surface area (Å²) in [6.45, 7) is 0. The smallest absolute Gasteiger partial charge is 0.235 e. The minimum atomic E-state index is -0.529. The van der Waals surface area contributed by atoms with Crippen LogP contribution in [0.3, 0.4) is 0 Å². The molecule has 1 aromatic rings. The van der Waals surface area contributed by atoms with Gasteiger partial charge in [0.15, 0.2) is 0 Å². The van der Waals surface area contributed by atoms with Crippen LogP contribution in [-0.2, 0) is 0 Å². The van der Waals surface area contributed by atoms with Crippen molar-refractivity contribution in [1.29, 1.82) is 0 Å². The van der Waals surface area contributed by atoms with Gasteiger partial charge in [-0.05, 0) is 18.2 Å². The van der Waals surface area contributed by atoms with Crippen LogP contribution in [0.2, 0.25) is 0 Å². The van der Waals surface area contributed by atoms with Gasteiger partial charge in [-0.15, -0.1) is 0 Å². The average Bonchev–Trinajstić information content (AvgIpc) is 2.25. The SMILES string of the molecule is COc1ccc(OC)c(C=C[N+](=O)[O-])c1. The maximum Gasteiger partial charge on any atom is 0.235 e. The van der Waals surface area contributed by atoms with Crippen LogP contribution in [0, 0.1) is 10.1 Å². The second-order valence-electron chi connectivity index (χ2n) is 2.71. The third-order valence-corrected chi connectivity index (χ3v) is 1.81. The van der Waals surface area contributed by atoms with E-state index < -0.39 is 4.92 Å². The van der Waals surface area contributed by atoms with E-state index in [0.29, 0.717) is 17.1 Å². The molecule has 0 unspecified atom stereocenters. The van der Waals surface area contributed by atoms with Gasteiger partial charge in [-0.1, -0.05) is 0 Å². The zero-order valence-electron chi connectivity index (χ0n) is 8.47. The number of hydrogen-bond acceptors (Lipinski definition) is 4. The molecule has 1 aromatic carbocycles. The highest BCUT2D eigenvalue weighted by atomic mass is 16.6. The van der Waals surface area contributed by atoms with Crippen LogP contribution in [-0.4, -0.2) is 19.1 Å². The van der Waals surface area contributed by atoms with E-state index in [-0.39, 0.29) is 0 Å². The predicted octanol–water partition coefficient (Wildman–Crippen LogP) is 1.95. The zero-order chi connectivity index (χ0) is 11.3. The van der Waals surface area contributed by atoms with Crippen molar-refractivity contribution in [3.63, 3.8) is 0 Å². The molecule has 0 amide bonds. The Morgan fingerprint density at radius 3 is 2.60 bits per heavy atom. The van der Waals surface area contributed by atoms with Gasteiger partial charge >= 0.3 is 0 Å². The fourth-order valence-corrected chi connectivity index (χ4v) is 1.11. The molecule has 1 rings (SSSR count). The molecule has 0 aliphatic rings. The number of nitrogens with zero attached hydrogens (tertiary/aromatic N) is 1. The number of hydrogen-bond donors (Lipinski definition) is 0. The highest BCUT2D eigenvalue weighted by molar-refractivity contribution is 5.58. The third-order valence-electron chi connectivity index (χ3n) is 1.81. The van der Waals surface area contributed by atoms with Crippen LogP contribution in [0.15, 0.2) is 24.4 Å². The molecule has 80 valence electrons. The van der Waals surface area contributed by atoms with Crippen LogP contribution < -0.4 is 9.47 Å². The Balaban J connectivity index is 3.06. The zero-order valence-corrected chi connectivity index (χ0v) is 8.47. The molecule has 0 radical (unpaired) electrons. The molecule has 5 nitrogen and oxygen atoms in total. The minimum absolute atomic E-state index is 0.529. The van der Waals surface area contributed by atoms with Crippen molar-refractivity contribution in [3.05, 3.63) is 40.1 Å². The molecule has 0 fully saturated rings. The lowest BCUT2D eigenvalue weighted by molar-refractivity contribution is -0.400. The highest BCUT2D eigenvalue weighted by Crippen LogP contribution is 2.24. The van der Waals surface area contributed by atoms with Gasteiger partial charge in [0.25, 0.3) is 0 Å². The topological polar surface area (TPSA) is 61.6 Å². The summed E-state index contributed by atoms with van der Waals surface area (Å²) in [6, 6.07) is 5.08. The minimum Gasteiger partial charge on any atom is -0.497 e. The standard InChI is InChI=1S/C10H11NO4/c1-14-9-3-4-10(15-2)8(7-9)5-6-11(12)13/h3-7H,1-2H3. The Morgan fingerprint density at radius 2 is 2.07 bits per heavy atom. The molecule has 0 spiro atoms. The van der Waals surface area contributed by atoms with E-state index >= 15 is 0 Å². The van der Waals surface area contributed by atoms with Crippen LogP contribution in [0.25, 0.3) is 6.08 Å². The summed E-state index contributed by atoms with van der Waals surface area (Å²) in [5.74, 6) is 1.19. The molecule has 0 heterocycles. The number of rotatable bonds is 4. The fraction of sp³-hybridized carbons (Fsp3) is 0.200. The Morgan fingerprint density at radius 1 is 1.33 bits per heavy atom. The van der Waals surface area contributed by atoms with Crippen molar-refractivity contribution in [2.24, 2.45) is 0 Å². The summed E-state index contributed by atoms with van der Waals surface area (Å²) in [6.07, 6.45) is 2.22. The molecule has 15 heavy (non-hydrogen) atoms.